The Morgan fingerprint density at radius 1 is 1.42 bits per heavy atom. The molecule has 1 aromatic rings. The number of rotatable bonds is 5. The number of nitrogens with zero attached hydrogens (tertiary/aromatic N) is 1. The van der Waals surface area contributed by atoms with Crippen molar-refractivity contribution in [1.29, 1.82) is 0 Å². The number of sulfonamides is 1. The fraction of sp³-hybridized carbons (Fsp3) is 0.417. The van der Waals surface area contributed by atoms with Gasteiger partial charge in [-0.1, -0.05) is 36.0 Å². The lowest BCUT2D eigenvalue weighted by Crippen LogP contribution is -2.42. The van der Waals surface area contributed by atoms with Gasteiger partial charge >= 0.3 is 0 Å². The molecule has 7 heteroatoms. The Morgan fingerprint density at radius 2 is 2.00 bits per heavy atom. The second-order valence-electron chi connectivity index (χ2n) is 4.34. The minimum absolute atomic E-state index is 0.0369. The standard InChI is InChI=1S/C12H17ClN2O2S2/c1-8(10-5-4-6-11(13)7-10)15(3)19(16,17)9(2)12(14)18/h4-9H,1-3H3,(H2,14,18). The zero-order valence-electron chi connectivity index (χ0n) is 11.0. The number of halogens is 1. The van der Waals surface area contributed by atoms with Crippen molar-refractivity contribution in [3.63, 3.8) is 0 Å². The van der Waals surface area contributed by atoms with E-state index in [-0.39, 0.29) is 11.0 Å². The lowest BCUT2D eigenvalue weighted by molar-refractivity contribution is 0.397. The lowest BCUT2D eigenvalue weighted by Gasteiger charge is -2.27. The highest BCUT2D eigenvalue weighted by Gasteiger charge is 2.31. The number of benzene rings is 1. The van der Waals surface area contributed by atoms with Crippen LogP contribution >= 0.6 is 23.8 Å². The van der Waals surface area contributed by atoms with Gasteiger partial charge in [-0.3, -0.25) is 0 Å². The molecule has 0 radical (unpaired) electrons. The fourth-order valence-corrected chi connectivity index (χ4v) is 3.51. The van der Waals surface area contributed by atoms with Gasteiger partial charge in [0.2, 0.25) is 10.0 Å². The maximum atomic E-state index is 12.3. The van der Waals surface area contributed by atoms with E-state index in [0.717, 1.165) is 5.56 Å². The lowest BCUT2D eigenvalue weighted by atomic mass is 10.1. The molecule has 0 amide bonds. The second-order valence-corrected chi connectivity index (χ2v) is 7.56. The minimum atomic E-state index is -3.57. The molecule has 2 N–H and O–H groups in total. The molecule has 0 aliphatic carbocycles. The van der Waals surface area contributed by atoms with Crippen LogP contribution in [-0.4, -0.2) is 30.0 Å². The van der Waals surface area contributed by atoms with Crippen LogP contribution in [-0.2, 0) is 10.0 Å². The Kier molecular flexibility index (Phi) is 5.32. The Morgan fingerprint density at radius 3 is 2.47 bits per heavy atom. The van der Waals surface area contributed by atoms with Gasteiger partial charge in [0.25, 0.3) is 0 Å². The summed E-state index contributed by atoms with van der Waals surface area (Å²) in [6, 6.07) is 6.74. The average molecular weight is 321 g/mol. The van der Waals surface area contributed by atoms with Crippen molar-refractivity contribution in [2.45, 2.75) is 25.1 Å². The van der Waals surface area contributed by atoms with Crippen LogP contribution in [0.2, 0.25) is 5.02 Å². The van der Waals surface area contributed by atoms with Crippen molar-refractivity contribution in [1.82, 2.24) is 4.31 Å². The highest BCUT2D eigenvalue weighted by Crippen LogP contribution is 2.25. The van der Waals surface area contributed by atoms with Gasteiger partial charge in [-0.25, -0.2) is 8.42 Å². The van der Waals surface area contributed by atoms with Crippen molar-refractivity contribution >= 4 is 38.8 Å². The van der Waals surface area contributed by atoms with Crippen LogP contribution in [0.15, 0.2) is 24.3 Å². The highest BCUT2D eigenvalue weighted by atomic mass is 35.5. The summed E-state index contributed by atoms with van der Waals surface area (Å²) in [7, 11) is -2.06. The third kappa shape index (κ3) is 3.66. The van der Waals surface area contributed by atoms with Crippen LogP contribution in [0.4, 0.5) is 0 Å². The van der Waals surface area contributed by atoms with E-state index in [1.807, 2.05) is 6.07 Å². The molecular weight excluding hydrogens is 304 g/mol. The van der Waals surface area contributed by atoms with E-state index in [4.69, 9.17) is 29.6 Å². The van der Waals surface area contributed by atoms with Gasteiger partial charge in [-0.05, 0) is 31.5 Å². The SMILES string of the molecule is CC(c1cccc(Cl)c1)N(C)S(=O)(=O)C(C)C(N)=S. The molecule has 2 atom stereocenters. The van der Waals surface area contributed by atoms with E-state index < -0.39 is 15.3 Å². The van der Waals surface area contributed by atoms with Crippen molar-refractivity contribution in [2.75, 3.05) is 7.05 Å². The highest BCUT2D eigenvalue weighted by molar-refractivity contribution is 7.92. The van der Waals surface area contributed by atoms with Gasteiger partial charge in [-0.2, -0.15) is 4.31 Å². The summed E-state index contributed by atoms with van der Waals surface area (Å²) in [5.74, 6) is 0. The third-order valence-corrected chi connectivity index (χ3v) is 6.13. The first-order valence-corrected chi connectivity index (χ1v) is 7.98. The number of hydrogen-bond acceptors (Lipinski definition) is 3. The van der Waals surface area contributed by atoms with E-state index >= 15 is 0 Å². The zero-order chi connectivity index (χ0) is 14.8. The third-order valence-electron chi connectivity index (χ3n) is 3.13. The van der Waals surface area contributed by atoms with Crippen molar-refractivity contribution < 1.29 is 8.42 Å². The van der Waals surface area contributed by atoms with Crippen LogP contribution in [0.1, 0.15) is 25.5 Å². The van der Waals surface area contributed by atoms with Gasteiger partial charge in [0, 0.05) is 18.1 Å². The smallest absolute Gasteiger partial charge is 0.223 e. The van der Waals surface area contributed by atoms with E-state index in [2.05, 4.69) is 0 Å². The first-order valence-electron chi connectivity index (χ1n) is 5.69. The summed E-state index contributed by atoms with van der Waals surface area (Å²) >= 11 is 10.7. The van der Waals surface area contributed by atoms with Gasteiger partial charge < -0.3 is 5.73 Å². The molecule has 0 aromatic heterocycles. The monoisotopic (exact) mass is 320 g/mol. The summed E-state index contributed by atoms with van der Waals surface area (Å²) in [6.07, 6.45) is 0. The van der Waals surface area contributed by atoms with Gasteiger partial charge in [0.05, 0.1) is 4.99 Å². The predicted octanol–water partition coefficient (Wildman–Crippen LogP) is 2.34. The molecule has 0 aliphatic heterocycles. The van der Waals surface area contributed by atoms with Crippen LogP contribution in [0.5, 0.6) is 0 Å². The Bertz CT molecular complexity index is 575. The maximum Gasteiger partial charge on any atom is 0.223 e. The normalized spacial score (nSPS) is 15.2. The molecule has 0 bridgehead atoms. The van der Waals surface area contributed by atoms with Gasteiger partial charge in [0.15, 0.2) is 0 Å². The molecule has 0 spiro atoms. The molecule has 2 unspecified atom stereocenters. The topological polar surface area (TPSA) is 63.4 Å². The molecule has 0 saturated heterocycles. The zero-order valence-corrected chi connectivity index (χ0v) is 13.4. The molecule has 19 heavy (non-hydrogen) atoms. The van der Waals surface area contributed by atoms with Crippen molar-refractivity contribution in [3.05, 3.63) is 34.9 Å². The molecule has 106 valence electrons. The van der Waals surface area contributed by atoms with E-state index in [1.54, 1.807) is 25.1 Å². The molecule has 4 nitrogen and oxygen atoms in total. The average Bonchev–Trinajstić information content (AvgIpc) is 2.35. The first-order chi connectivity index (χ1) is 8.67. The van der Waals surface area contributed by atoms with E-state index in [0.29, 0.717) is 5.02 Å². The van der Waals surface area contributed by atoms with Gasteiger partial charge in [-0.15, -0.1) is 0 Å². The fourth-order valence-electron chi connectivity index (χ4n) is 1.59. The summed E-state index contributed by atoms with van der Waals surface area (Å²) in [5, 5.41) is -0.327. The molecule has 0 heterocycles. The largest absolute Gasteiger partial charge is 0.392 e. The van der Waals surface area contributed by atoms with Crippen LogP contribution < -0.4 is 5.73 Å². The van der Waals surface area contributed by atoms with Crippen LogP contribution in [0, 0.1) is 0 Å². The van der Waals surface area contributed by atoms with E-state index in [1.165, 1.54) is 18.3 Å². The molecule has 0 fully saturated rings. The Balaban J connectivity index is 3.06. The van der Waals surface area contributed by atoms with E-state index in [9.17, 15) is 8.42 Å². The molecule has 0 saturated carbocycles. The molecule has 1 aromatic carbocycles. The molecular formula is C12H17ClN2O2S2. The number of thiocarbonyl (C=S) groups is 1. The van der Waals surface area contributed by atoms with Gasteiger partial charge in [0.1, 0.15) is 5.25 Å². The quantitative estimate of drug-likeness (QED) is 0.846. The Labute approximate surface area is 124 Å². The summed E-state index contributed by atoms with van der Waals surface area (Å²) in [5.41, 5.74) is 6.24. The second kappa shape index (κ2) is 6.17. The summed E-state index contributed by atoms with van der Waals surface area (Å²) < 4.78 is 25.9. The van der Waals surface area contributed by atoms with Crippen molar-refractivity contribution in [2.24, 2.45) is 5.73 Å². The Hall–Kier alpha value is -0.690. The number of nitrogens with two attached hydrogens (primary N) is 1. The summed E-state index contributed by atoms with van der Waals surface area (Å²) in [6.45, 7) is 3.27. The predicted molar refractivity (Wildman–Crippen MR) is 82.8 cm³/mol. The molecule has 0 aliphatic rings. The number of hydrogen-bond donors (Lipinski definition) is 1. The minimum Gasteiger partial charge on any atom is -0.392 e. The van der Waals surface area contributed by atoms with Crippen LogP contribution in [0.25, 0.3) is 0 Å². The van der Waals surface area contributed by atoms with Crippen molar-refractivity contribution in [3.8, 4) is 0 Å². The first kappa shape index (κ1) is 16.4. The maximum absolute atomic E-state index is 12.3. The summed E-state index contributed by atoms with van der Waals surface area (Å²) in [4.78, 5) is -0.0369. The molecule has 1 rings (SSSR count). The van der Waals surface area contributed by atoms with Crippen LogP contribution in [0.3, 0.4) is 0 Å².